The van der Waals surface area contributed by atoms with Crippen LogP contribution in [-0.2, 0) is 33.9 Å². The number of benzene rings is 2. The quantitative estimate of drug-likeness (QED) is 0.104. The first kappa shape index (κ1) is 36.2. The number of esters is 1. The fraction of sp³-hybridized carbons (Fsp3) is 0.514. The summed E-state index contributed by atoms with van der Waals surface area (Å²) in [6.07, 6.45) is 4.79. The Morgan fingerprint density at radius 3 is 2.15 bits per heavy atom. The van der Waals surface area contributed by atoms with Crippen molar-refractivity contribution in [2.45, 2.75) is 36.7 Å². The summed E-state index contributed by atoms with van der Waals surface area (Å²) in [7, 11) is 1.87. The zero-order valence-corrected chi connectivity index (χ0v) is 31.7. The van der Waals surface area contributed by atoms with Crippen LogP contribution in [0.25, 0.3) is 10.8 Å². The molecular formula is C37H44N6O7SSi. The number of allylic oxidation sites excluding steroid dienone is 2. The van der Waals surface area contributed by atoms with Crippen LogP contribution in [0.4, 0.5) is 5.69 Å². The van der Waals surface area contributed by atoms with Crippen LogP contribution < -0.4 is 14.9 Å². The van der Waals surface area contributed by atoms with Crippen molar-refractivity contribution in [1.82, 2.24) is 14.9 Å². The molecule has 15 heteroatoms. The van der Waals surface area contributed by atoms with Crippen molar-refractivity contribution >= 4 is 71.1 Å². The maximum absolute atomic E-state index is 14.0. The molecule has 8 atom stereocenters. The summed E-state index contributed by atoms with van der Waals surface area (Å²) in [4.78, 5) is 57.7. The molecule has 1 saturated heterocycles. The van der Waals surface area contributed by atoms with Gasteiger partial charge < -0.3 is 15.0 Å². The van der Waals surface area contributed by atoms with E-state index in [1.165, 1.54) is 12.0 Å². The third-order valence-electron chi connectivity index (χ3n) is 11.4. The third-order valence-corrected chi connectivity index (χ3v) is 14.4. The Bertz CT molecular complexity index is 2030. The van der Waals surface area contributed by atoms with Gasteiger partial charge in [-0.1, -0.05) is 61.9 Å². The number of hydrogen-bond acceptors (Lipinski definition) is 10. The average molecular weight is 745 g/mol. The number of carbonyl (C=O) groups excluding carboxylic acids is 4. The SMILES string of the molecule is COC(=O)C1=NN=C(C(=O)NCCC[Si]C(C)C)C2C1C1C3C=CC(C4C(=O)N(CCNS(=O)(=O)c5cccc6c(N(C)C)cccc56)C(=O)C34)C21. The molecule has 6 aliphatic rings. The fourth-order valence-electron chi connectivity index (χ4n) is 9.29. The number of ether oxygens (including phenoxy) is 1. The second-order valence-corrected chi connectivity index (χ2v) is 18.5. The lowest BCUT2D eigenvalue weighted by Gasteiger charge is -2.64. The summed E-state index contributed by atoms with van der Waals surface area (Å²) in [6.45, 7) is 4.56. The Morgan fingerprint density at radius 1 is 0.904 bits per heavy atom. The largest absolute Gasteiger partial charge is 0.464 e. The highest BCUT2D eigenvalue weighted by molar-refractivity contribution is 7.89. The molecule has 4 aliphatic carbocycles. The summed E-state index contributed by atoms with van der Waals surface area (Å²) in [6, 6.07) is 11.6. The van der Waals surface area contributed by atoms with Crippen LogP contribution in [0.5, 0.6) is 0 Å². The smallest absolute Gasteiger partial charge is 0.354 e. The van der Waals surface area contributed by atoms with E-state index < -0.39 is 39.7 Å². The van der Waals surface area contributed by atoms with Crippen LogP contribution in [0.1, 0.15) is 20.3 Å². The lowest BCUT2D eigenvalue weighted by Crippen LogP contribution is -2.68. The molecule has 2 heterocycles. The van der Waals surface area contributed by atoms with E-state index in [-0.39, 0.29) is 70.8 Å². The Balaban J connectivity index is 1.08. The van der Waals surface area contributed by atoms with Gasteiger partial charge in [-0.05, 0) is 42.2 Å². The van der Waals surface area contributed by atoms with Crippen LogP contribution in [0.3, 0.4) is 0 Å². The minimum Gasteiger partial charge on any atom is -0.464 e. The van der Waals surface area contributed by atoms with Crippen LogP contribution in [-0.4, -0.2) is 98.8 Å². The van der Waals surface area contributed by atoms with Crippen molar-refractivity contribution in [3.8, 4) is 0 Å². The van der Waals surface area contributed by atoms with Crippen LogP contribution >= 0.6 is 0 Å². The Kier molecular flexibility index (Phi) is 9.72. The van der Waals surface area contributed by atoms with Gasteiger partial charge in [0.2, 0.25) is 21.8 Å². The number of nitrogens with one attached hydrogen (secondary N) is 2. The Hall–Kier alpha value is -4.21. The number of rotatable bonds is 13. The van der Waals surface area contributed by atoms with Gasteiger partial charge in [-0.2, -0.15) is 0 Å². The van der Waals surface area contributed by atoms with E-state index in [0.29, 0.717) is 17.5 Å². The molecule has 8 unspecified atom stereocenters. The molecule has 3 fully saturated rings. The normalized spacial score (nSPS) is 28.5. The van der Waals surface area contributed by atoms with Crippen LogP contribution in [0.15, 0.2) is 63.6 Å². The first-order chi connectivity index (χ1) is 24.9. The molecule has 274 valence electrons. The first-order valence-electron chi connectivity index (χ1n) is 17.8. The molecule has 52 heavy (non-hydrogen) atoms. The number of carbonyl (C=O) groups is 4. The second-order valence-electron chi connectivity index (χ2n) is 14.7. The van der Waals surface area contributed by atoms with Gasteiger partial charge in [0.05, 0.1) is 23.8 Å². The molecule has 3 amide bonds. The van der Waals surface area contributed by atoms with Gasteiger partial charge in [-0.3, -0.25) is 19.3 Å². The lowest BCUT2D eigenvalue weighted by molar-refractivity contribution is -0.146. The summed E-state index contributed by atoms with van der Waals surface area (Å²) >= 11 is 0. The van der Waals surface area contributed by atoms with Gasteiger partial charge in [-0.15, -0.1) is 10.2 Å². The van der Waals surface area contributed by atoms with Crippen molar-refractivity contribution in [2.75, 3.05) is 45.7 Å². The molecule has 2 bridgehead atoms. The summed E-state index contributed by atoms with van der Waals surface area (Å²) in [5.74, 6) is -5.01. The monoisotopic (exact) mass is 744 g/mol. The molecule has 2 radical (unpaired) electrons. The molecule has 13 nitrogen and oxygen atoms in total. The number of methoxy groups -OCH3 is 1. The van der Waals surface area contributed by atoms with E-state index in [1.807, 2.05) is 49.3 Å². The van der Waals surface area contributed by atoms with E-state index in [0.717, 1.165) is 33.1 Å². The lowest BCUT2D eigenvalue weighted by atomic mass is 9.38. The van der Waals surface area contributed by atoms with E-state index >= 15 is 0 Å². The molecule has 2 N–H and O–H groups in total. The van der Waals surface area contributed by atoms with E-state index in [2.05, 4.69) is 34.1 Å². The van der Waals surface area contributed by atoms with Gasteiger partial charge in [0, 0.05) is 71.5 Å². The number of nitrogens with zero attached hydrogens (tertiary/aromatic N) is 4. The van der Waals surface area contributed by atoms with Crippen molar-refractivity contribution in [3.63, 3.8) is 0 Å². The zero-order valence-electron chi connectivity index (χ0n) is 29.9. The molecule has 2 saturated carbocycles. The molecule has 2 aromatic carbocycles. The minimum absolute atomic E-state index is 0.114. The van der Waals surface area contributed by atoms with Gasteiger partial charge in [0.1, 0.15) is 5.71 Å². The van der Waals surface area contributed by atoms with Gasteiger partial charge >= 0.3 is 5.97 Å². The fourth-order valence-corrected chi connectivity index (χ4v) is 11.5. The Labute approximate surface area is 306 Å². The number of likely N-dealkylation sites (tertiary alicyclic amines) is 1. The van der Waals surface area contributed by atoms with Crippen LogP contribution in [0.2, 0.25) is 11.6 Å². The van der Waals surface area contributed by atoms with E-state index in [9.17, 15) is 27.6 Å². The predicted molar refractivity (Wildman–Crippen MR) is 197 cm³/mol. The molecule has 8 rings (SSSR count). The van der Waals surface area contributed by atoms with E-state index in [1.54, 1.807) is 18.2 Å². The number of amides is 3. The number of hydrogen-bond donors (Lipinski definition) is 2. The van der Waals surface area contributed by atoms with Crippen molar-refractivity contribution in [2.24, 2.45) is 57.5 Å². The highest BCUT2D eigenvalue weighted by Crippen LogP contribution is 2.67. The number of sulfonamides is 1. The minimum atomic E-state index is -4.00. The zero-order chi connectivity index (χ0) is 37.1. The Morgan fingerprint density at radius 2 is 1.52 bits per heavy atom. The topological polar surface area (TPSA) is 167 Å². The second kappa shape index (κ2) is 14.0. The molecule has 0 aromatic heterocycles. The summed E-state index contributed by atoms with van der Waals surface area (Å²) in [5.41, 5.74) is 1.86. The van der Waals surface area contributed by atoms with Gasteiger partial charge in [-0.25, -0.2) is 17.9 Å². The highest BCUT2D eigenvalue weighted by Gasteiger charge is 2.72. The predicted octanol–water partition coefficient (Wildman–Crippen LogP) is 2.52. The maximum Gasteiger partial charge on any atom is 0.354 e. The molecule has 2 aromatic rings. The molecule has 2 aliphatic heterocycles. The average Bonchev–Trinajstić information content (AvgIpc) is 3.37. The molecule has 0 spiro atoms. The number of imide groups is 1. The van der Waals surface area contributed by atoms with Crippen molar-refractivity contribution in [1.29, 1.82) is 0 Å². The van der Waals surface area contributed by atoms with Crippen molar-refractivity contribution in [3.05, 3.63) is 48.6 Å². The maximum atomic E-state index is 14.0. The van der Waals surface area contributed by atoms with Crippen molar-refractivity contribution < 1.29 is 32.3 Å². The summed E-state index contributed by atoms with van der Waals surface area (Å²) in [5, 5.41) is 12.8. The standard InChI is InChI=1S/C37H44N6O7SSi/c1-19(2)52-18-8-15-38-34(44)32-30-26-22-13-14-23(27(26)31(30)33(41-40-32)37(47)50-5)29-28(22)35(45)43(36(29)46)17-16-39-51(48,49)25-12-7-9-20-21(25)10-6-11-24(20)42(3)4/h6-7,9-14,19,22-23,26-31,39H,8,15-18H2,1-5H3,(H,38,44). The number of anilines is 1. The van der Waals surface area contributed by atoms with E-state index in [4.69, 9.17) is 4.74 Å². The highest BCUT2D eigenvalue weighted by atomic mass is 32.2. The first-order valence-corrected chi connectivity index (χ1v) is 20.6. The summed E-state index contributed by atoms with van der Waals surface area (Å²) < 4.78 is 34.8. The van der Waals surface area contributed by atoms with Gasteiger partial charge in [0.15, 0.2) is 5.71 Å². The van der Waals surface area contributed by atoms with Crippen LogP contribution in [0, 0.1) is 47.3 Å². The third kappa shape index (κ3) is 5.90. The van der Waals surface area contributed by atoms with Gasteiger partial charge in [0.25, 0.3) is 5.91 Å². The number of fused-ring (bicyclic) bond motifs is 2. The molecular weight excluding hydrogens is 701 g/mol.